The quantitative estimate of drug-likeness (QED) is 0.799. The van der Waals surface area contributed by atoms with Crippen molar-refractivity contribution in [1.82, 2.24) is 0 Å². The first kappa shape index (κ1) is 10.5. The van der Waals surface area contributed by atoms with Crippen LogP contribution in [0.15, 0.2) is 18.2 Å². The SMILES string of the molecule is Cc1cccc(O[C@@H]2COC[C@H]2O)c1C. The van der Waals surface area contributed by atoms with Crippen molar-refractivity contribution in [3.63, 3.8) is 0 Å². The van der Waals surface area contributed by atoms with E-state index >= 15 is 0 Å². The number of benzene rings is 1. The highest BCUT2D eigenvalue weighted by Crippen LogP contribution is 2.23. The van der Waals surface area contributed by atoms with Crippen LogP contribution >= 0.6 is 0 Å². The molecule has 0 spiro atoms. The third kappa shape index (κ3) is 2.13. The fourth-order valence-electron chi connectivity index (χ4n) is 1.65. The molecular weight excluding hydrogens is 192 g/mol. The van der Waals surface area contributed by atoms with Crippen LogP contribution in [0.4, 0.5) is 0 Å². The molecule has 1 aromatic carbocycles. The molecular formula is C12H16O3. The van der Waals surface area contributed by atoms with Crippen molar-refractivity contribution in [2.45, 2.75) is 26.1 Å². The summed E-state index contributed by atoms with van der Waals surface area (Å²) in [6.07, 6.45) is -0.740. The summed E-state index contributed by atoms with van der Waals surface area (Å²) in [6.45, 7) is 4.90. The van der Waals surface area contributed by atoms with E-state index < -0.39 is 6.10 Å². The van der Waals surface area contributed by atoms with Gasteiger partial charge < -0.3 is 14.6 Å². The maximum Gasteiger partial charge on any atom is 0.150 e. The minimum absolute atomic E-state index is 0.231. The molecule has 0 aromatic heterocycles. The summed E-state index contributed by atoms with van der Waals surface area (Å²) < 4.78 is 10.9. The van der Waals surface area contributed by atoms with Gasteiger partial charge in [0, 0.05) is 0 Å². The van der Waals surface area contributed by atoms with Crippen LogP contribution in [0, 0.1) is 13.8 Å². The average Bonchev–Trinajstić information content (AvgIpc) is 2.60. The zero-order chi connectivity index (χ0) is 10.8. The minimum atomic E-state index is -0.509. The predicted octanol–water partition coefficient (Wildman–Crippen LogP) is 1.44. The van der Waals surface area contributed by atoms with Gasteiger partial charge in [-0.2, -0.15) is 0 Å². The second kappa shape index (κ2) is 4.21. The Labute approximate surface area is 89.6 Å². The van der Waals surface area contributed by atoms with E-state index in [0.717, 1.165) is 11.3 Å². The van der Waals surface area contributed by atoms with Crippen molar-refractivity contribution in [2.75, 3.05) is 13.2 Å². The molecule has 1 saturated heterocycles. The monoisotopic (exact) mass is 208 g/mol. The van der Waals surface area contributed by atoms with Crippen molar-refractivity contribution in [3.05, 3.63) is 29.3 Å². The van der Waals surface area contributed by atoms with Crippen molar-refractivity contribution >= 4 is 0 Å². The van der Waals surface area contributed by atoms with Gasteiger partial charge in [-0.25, -0.2) is 0 Å². The van der Waals surface area contributed by atoms with Crippen LogP contribution in [0.25, 0.3) is 0 Å². The van der Waals surface area contributed by atoms with Gasteiger partial charge in [-0.3, -0.25) is 0 Å². The molecule has 82 valence electrons. The van der Waals surface area contributed by atoms with Crippen LogP contribution in [-0.2, 0) is 4.74 Å². The Morgan fingerprint density at radius 3 is 2.80 bits per heavy atom. The van der Waals surface area contributed by atoms with Gasteiger partial charge in [0.2, 0.25) is 0 Å². The van der Waals surface area contributed by atoms with E-state index in [4.69, 9.17) is 9.47 Å². The van der Waals surface area contributed by atoms with E-state index in [1.165, 1.54) is 5.56 Å². The van der Waals surface area contributed by atoms with Crippen molar-refractivity contribution in [2.24, 2.45) is 0 Å². The van der Waals surface area contributed by atoms with E-state index in [-0.39, 0.29) is 6.10 Å². The molecule has 0 aliphatic carbocycles. The number of rotatable bonds is 2. The molecule has 1 fully saturated rings. The lowest BCUT2D eigenvalue weighted by atomic mass is 10.1. The topological polar surface area (TPSA) is 38.7 Å². The fourth-order valence-corrected chi connectivity index (χ4v) is 1.65. The highest BCUT2D eigenvalue weighted by atomic mass is 16.6. The zero-order valence-corrected chi connectivity index (χ0v) is 9.06. The Hall–Kier alpha value is -1.06. The summed E-state index contributed by atoms with van der Waals surface area (Å²) >= 11 is 0. The van der Waals surface area contributed by atoms with Crippen molar-refractivity contribution < 1.29 is 14.6 Å². The number of aryl methyl sites for hydroxylation is 1. The minimum Gasteiger partial charge on any atom is -0.485 e. The van der Waals surface area contributed by atoms with Crippen LogP contribution < -0.4 is 4.74 Å². The highest BCUT2D eigenvalue weighted by Gasteiger charge is 2.28. The lowest BCUT2D eigenvalue weighted by Gasteiger charge is -2.17. The fraction of sp³-hybridized carbons (Fsp3) is 0.500. The van der Waals surface area contributed by atoms with Gasteiger partial charge in [0.25, 0.3) is 0 Å². The van der Waals surface area contributed by atoms with Crippen molar-refractivity contribution in [3.8, 4) is 5.75 Å². The molecule has 0 amide bonds. The third-order valence-corrected chi connectivity index (χ3v) is 2.83. The Kier molecular flexibility index (Phi) is 2.93. The second-order valence-electron chi connectivity index (χ2n) is 3.96. The smallest absolute Gasteiger partial charge is 0.150 e. The molecule has 0 radical (unpaired) electrons. The molecule has 0 unspecified atom stereocenters. The zero-order valence-electron chi connectivity index (χ0n) is 9.06. The number of hydrogen-bond acceptors (Lipinski definition) is 3. The first-order chi connectivity index (χ1) is 7.18. The molecule has 1 aromatic rings. The van der Waals surface area contributed by atoms with Crippen molar-refractivity contribution in [1.29, 1.82) is 0 Å². The summed E-state index contributed by atoms with van der Waals surface area (Å²) in [4.78, 5) is 0. The third-order valence-electron chi connectivity index (χ3n) is 2.83. The predicted molar refractivity (Wildman–Crippen MR) is 57.2 cm³/mol. The molecule has 3 heteroatoms. The molecule has 0 bridgehead atoms. The summed E-state index contributed by atoms with van der Waals surface area (Å²) in [7, 11) is 0. The number of ether oxygens (including phenoxy) is 2. The first-order valence-electron chi connectivity index (χ1n) is 5.17. The van der Waals surface area contributed by atoms with E-state index in [0.29, 0.717) is 13.2 Å². The summed E-state index contributed by atoms with van der Waals surface area (Å²) in [6, 6.07) is 5.93. The van der Waals surface area contributed by atoms with Gasteiger partial charge in [0.15, 0.2) is 0 Å². The lowest BCUT2D eigenvalue weighted by Crippen LogP contribution is -2.30. The molecule has 1 aliphatic rings. The van der Waals surface area contributed by atoms with Crippen LogP contribution in [0.3, 0.4) is 0 Å². The van der Waals surface area contributed by atoms with Gasteiger partial charge in [-0.05, 0) is 31.0 Å². The van der Waals surface area contributed by atoms with Gasteiger partial charge in [-0.1, -0.05) is 12.1 Å². The Morgan fingerprint density at radius 2 is 2.13 bits per heavy atom. The molecule has 1 N–H and O–H groups in total. The Balaban J connectivity index is 2.13. The standard InChI is InChI=1S/C12H16O3/c1-8-4-3-5-11(9(8)2)15-12-7-14-6-10(12)13/h3-5,10,12-13H,6-7H2,1-2H3/t10-,12-/m1/s1. The Bertz CT molecular complexity index is 349. The van der Waals surface area contributed by atoms with Gasteiger partial charge >= 0.3 is 0 Å². The summed E-state index contributed by atoms with van der Waals surface area (Å²) in [5.41, 5.74) is 2.32. The molecule has 1 heterocycles. The molecule has 1 aliphatic heterocycles. The van der Waals surface area contributed by atoms with Gasteiger partial charge in [-0.15, -0.1) is 0 Å². The van der Waals surface area contributed by atoms with Crippen LogP contribution in [0.1, 0.15) is 11.1 Å². The summed E-state index contributed by atoms with van der Waals surface area (Å²) in [5.74, 6) is 0.838. The maximum atomic E-state index is 9.56. The van der Waals surface area contributed by atoms with Gasteiger partial charge in [0.1, 0.15) is 18.0 Å². The van der Waals surface area contributed by atoms with E-state index in [9.17, 15) is 5.11 Å². The normalized spacial score (nSPS) is 25.5. The highest BCUT2D eigenvalue weighted by molar-refractivity contribution is 5.38. The molecule has 3 nitrogen and oxygen atoms in total. The van der Waals surface area contributed by atoms with E-state index in [1.807, 2.05) is 32.0 Å². The lowest BCUT2D eigenvalue weighted by molar-refractivity contribution is 0.0729. The number of aliphatic hydroxyl groups excluding tert-OH is 1. The Morgan fingerprint density at radius 1 is 1.33 bits per heavy atom. The molecule has 0 saturated carbocycles. The summed E-state index contributed by atoms with van der Waals surface area (Å²) in [5, 5.41) is 9.56. The van der Waals surface area contributed by atoms with E-state index in [1.54, 1.807) is 0 Å². The second-order valence-corrected chi connectivity index (χ2v) is 3.96. The average molecular weight is 208 g/mol. The van der Waals surface area contributed by atoms with E-state index in [2.05, 4.69) is 0 Å². The van der Waals surface area contributed by atoms with Gasteiger partial charge in [0.05, 0.1) is 13.2 Å². The van der Waals surface area contributed by atoms with Crippen LogP contribution in [0.2, 0.25) is 0 Å². The van der Waals surface area contributed by atoms with Crippen LogP contribution in [-0.4, -0.2) is 30.5 Å². The maximum absolute atomic E-state index is 9.56. The first-order valence-corrected chi connectivity index (χ1v) is 5.17. The molecule has 2 rings (SSSR count). The number of aliphatic hydroxyl groups is 1. The number of hydrogen-bond donors (Lipinski definition) is 1. The van der Waals surface area contributed by atoms with Crippen LogP contribution in [0.5, 0.6) is 5.75 Å². The molecule has 15 heavy (non-hydrogen) atoms. The molecule has 2 atom stereocenters. The largest absolute Gasteiger partial charge is 0.485 e.